The molecule has 0 bridgehead atoms. The van der Waals surface area contributed by atoms with Crippen molar-refractivity contribution >= 4 is 49.4 Å². The van der Waals surface area contributed by atoms with Crippen LogP contribution in [0.1, 0.15) is 20.9 Å². The predicted octanol–water partition coefficient (Wildman–Crippen LogP) is 2.98. The number of hydrogen-bond donors (Lipinski definition) is 1. The van der Waals surface area contributed by atoms with Crippen molar-refractivity contribution in [1.82, 2.24) is 9.80 Å². The summed E-state index contributed by atoms with van der Waals surface area (Å²) in [6.07, 6.45) is 1.42. The number of anilines is 1. The molecule has 0 unspecified atom stereocenters. The summed E-state index contributed by atoms with van der Waals surface area (Å²) in [7, 11) is -3.95. The Balaban J connectivity index is 1.30. The molecule has 1 fully saturated rings. The van der Waals surface area contributed by atoms with E-state index in [0.29, 0.717) is 18.8 Å². The molecular formula is C24H22BrN3O7S. The van der Waals surface area contributed by atoms with Gasteiger partial charge in [0.15, 0.2) is 12.4 Å². The number of piperazine rings is 1. The smallest absolute Gasteiger partial charge is 0.338 e. The van der Waals surface area contributed by atoms with E-state index >= 15 is 0 Å². The highest BCUT2D eigenvalue weighted by Gasteiger charge is 2.27. The molecule has 0 radical (unpaired) electrons. The lowest BCUT2D eigenvalue weighted by Crippen LogP contribution is -2.51. The standard InChI is InChI=1S/C24H22BrN3O7S/c25-18-6-8-19(9-7-18)26-36(32,33)20-4-1-3-17(15-20)24(31)35-16-22(29)27-10-12-28(13-11-27)23(30)21-5-2-14-34-21/h1-9,14-15,26H,10-13,16H2. The van der Waals surface area contributed by atoms with Crippen LogP contribution in [0.5, 0.6) is 0 Å². The Morgan fingerprint density at radius 3 is 2.31 bits per heavy atom. The number of amides is 2. The predicted molar refractivity (Wildman–Crippen MR) is 133 cm³/mol. The third-order valence-electron chi connectivity index (χ3n) is 5.45. The summed E-state index contributed by atoms with van der Waals surface area (Å²) < 4.78 is 38.9. The number of benzene rings is 2. The lowest BCUT2D eigenvalue weighted by molar-refractivity contribution is -0.136. The second kappa shape index (κ2) is 11.0. The minimum absolute atomic E-state index is 0.00431. The fraction of sp³-hybridized carbons (Fsp3) is 0.208. The number of rotatable bonds is 7. The van der Waals surface area contributed by atoms with E-state index in [1.165, 1.54) is 35.4 Å². The average Bonchev–Trinajstić information content (AvgIpc) is 3.43. The van der Waals surface area contributed by atoms with Gasteiger partial charge in [0.25, 0.3) is 21.8 Å². The summed E-state index contributed by atoms with van der Waals surface area (Å²) in [6.45, 7) is 0.727. The van der Waals surface area contributed by atoms with Crippen molar-refractivity contribution in [2.75, 3.05) is 37.5 Å². The van der Waals surface area contributed by atoms with Gasteiger partial charge in [0.05, 0.1) is 16.7 Å². The van der Waals surface area contributed by atoms with Gasteiger partial charge in [0.1, 0.15) is 0 Å². The molecule has 1 N–H and O–H groups in total. The van der Waals surface area contributed by atoms with Crippen LogP contribution in [-0.2, 0) is 19.6 Å². The van der Waals surface area contributed by atoms with Crippen molar-refractivity contribution in [3.8, 4) is 0 Å². The molecule has 3 aromatic rings. The molecule has 1 saturated heterocycles. The summed E-state index contributed by atoms with van der Waals surface area (Å²) in [6, 6.07) is 15.2. The molecule has 10 nitrogen and oxygen atoms in total. The van der Waals surface area contributed by atoms with E-state index < -0.39 is 28.5 Å². The molecule has 36 heavy (non-hydrogen) atoms. The van der Waals surface area contributed by atoms with E-state index in [4.69, 9.17) is 9.15 Å². The Morgan fingerprint density at radius 1 is 0.944 bits per heavy atom. The minimum atomic E-state index is -3.95. The molecule has 1 aromatic heterocycles. The molecule has 2 amide bonds. The Labute approximate surface area is 216 Å². The van der Waals surface area contributed by atoms with Gasteiger partial charge in [0, 0.05) is 36.3 Å². The zero-order valence-corrected chi connectivity index (χ0v) is 21.3. The summed E-state index contributed by atoms with van der Waals surface area (Å²) in [5, 5.41) is 0. The fourth-order valence-corrected chi connectivity index (χ4v) is 4.91. The maximum atomic E-state index is 12.7. The van der Waals surface area contributed by atoms with Crippen LogP contribution >= 0.6 is 15.9 Å². The molecule has 188 valence electrons. The lowest BCUT2D eigenvalue weighted by Gasteiger charge is -2.34. The average molecular weight is 576 g/mol. The molecule has 2 heterocycles. The molecular weight excluding hydrogens is 554 g/mol. The minimum Gasteiger partial charge on any atom is -0.459 e. The summed E-state index contributed by atoms with van der Waals surface area (Å²) in [5.74, 6) is -1.24. The van der Waals surface area contributed by atoms with Crippen LogP contribution in [0.2, 0.25) is 0 Å². The first-order valence-corrected chi connectivity index (χ1v) is 13.2. The highest BCUT2D eigenvalue weighted by molar-refractivity contribution is 9.10. The molecule has 4 rings (SSSR count). The van der Waals surface area contributed by atoms with Crippen molar-refractivity contribution < 1.29 is 32.0 Å². The van der Waals surface area contributed by atoms with Gasteiger partial charge in [-0.2, -0.15) is 0 Å². The van der Waals surface area contributed by atoms with Crippen molar-refractivity contribution in [1.29, 1.82) is 0 Å². The van der Waals surface area contributed by atoms with E-state index in [-0.39, 0.29) is 35.2 Å². The second-order valence-corrected chi connectivity index (χ2v) is 10.5. The number of carbonyl (C=O) groups is 3. The first kappa shape index (κ1) is 25.5. The molecule has 1 aliphatic heterocycles. The van der Waals surface area contributed by atoms with Gasteiger partial charge < -0.3 is 19.0 Å². The van der Waals surface area contributed by atoms with Crippen LogP contribution in [-0.4, -0.2) is 68.8 Å². The zero-order chi connectivity index (χ0) is 25.7. The number of hydrogen-bond acceptors (Lipinski definition) is 7. The van der Waals surface area contributed by atoms with Gasteiger partial charge in [0.2, 0.25) is 0 Å². The number of esters is 1. The van der Waals surface area contributed by atoms with Crippen molar-refractivity contribution in [2.24, 2.45) is 0 Å². The number of furan rings is 1. The number of halogens is 1. The maximum absolute atomic E-state index is 12.7. The van der Waals surface area contributed by atoms with Gasteiger partial charge in [-0.3, -0.25) is 14.3 Å². The SMILES string of the molecule is O=C(OCC(=O)N1CCN(C(=O)c2ccco2)CC1)c1cccc(S(=O)(=O)Nc2ccc(Br)cc2)c1. The Morgan fingerprint density at radius 2 is 1.64 bits per heavy atom. The van der Waals surface area contributed by atoms with Crippen LogP contribution in [0, 0.1) is 0 Å². The lowest BCUT2D eigenvalue weighted by atomic mass is 10.2. The molecule has 1 aliphatic rings. The van der Waals surface area contributed by atoms with Gasteiger partial charge in [-0.15, -0.1) is 0 Å². The number of ether oxygens (including phenoxy) is 1. The summed E-state index contributed by atoms with van der Waals surface area (Å²) in [4.78, 5) is 40.3. The van der Waals surface area contributed by atoms with Crippen LogP contribution < -0.4 is 4.72 Å². The maximum Gasteiger partial charge on any atom is 0.338 e. The normalized spacial score (nSPS) is 13.8. The van der Waals surface area contributed by atoms with Gasteiger partial charge in [-0.05, 0) is 54.6 Å². The van der Waals surface area contributed by atoms with Crippen LogP contribution in [0.4, 0.5) is 5.69 Å². The largest absolute Gasteiger partial charge is 0.459 e. The third-order valence-corrected chi connectivity index (χ3v) is 7.36. The number of sulfonamides is 1. The Bertz CT molecular complexity index is 1350. The highest BCUT2D eigenvalue weighted by Crippen LogP contribution is 2.20. The topological polar surface area (TPSA) is 126 Å². The van der Waals surface area contributed by atoms with Gasteiger partial charge >= 0.3 is 5.97 Å². The van der Waals surface area contributed by atoms with Crippen molar-refractivity contribution in [2.45, 2.75) is 4.90 Å². The number of nitrogens with one attached hydrogen (secondary N) is 1. The van der Waals surface area contributed by atoms with Gasteiger partial charge in [-0.25, -0.2) is 13.2 Å². The summed E-state index contributed by atoms with van der Waals surface area (Å²) >= 11 is 3.29. The molecule has 0 saturated carbocycles. The molecule has 2 aromatic carbocycles. The fourth-order valence-electron chi connectivity index (χ4n) is 3.54. The molecule has 12 heteroatoms. The summed E-state index contributed by atoms with van der Waals surface area (Å²) in [5.41, 5.74) is 0.359. The third kappa shape index (κ3) is 6.13. The quantitative estimate of drug-likeness (QED) is 0.429. The van der Waals surface area contributed by atoms with E-state index in [1.807, 2.05) is 0 Å². The first-order chi connectivity index (χ1) is 17.2. The Hall–Kier alpha value is -3.64. The van der Waals surface area contributed by atoms with E-state index in [1.54, 1.807) is 41.3 Å². The van der Waals surface area contributed by atoms with Gasteiger partial charge in [-0.1, -0.05) is 22.0 Å². The second-order valence-electron chi connectivity index (χ2n) is 7.87. The Kier molecular flexibility index (Phi) is 7.75. The van der Waals surface area contributed by atoms with Crippen LogP contribution in [0.25, 0.3) is 0 Å². The highest BCUT2D eigenvalue weighted by atomic mass is 79.9. The zero-order valence-electron chi connectivity index (χ0n) is 18.9. The van der Waals surface area contributed by atoms with Crippen molar-refractivity contribution in [3.63, 3.8) is 0 Å². The first-order valence-electron chi connectivity index (χ1n) is 10.9. The van der Waals surface area contributed by atoms with E-state index in [0.717, 1.165) is 4.47 Å². The number of nitrogens with zero attached hydrogens (tertiary/aromatic N) is 2. The monoisotopic (exact) mass is 575 g/mol. The van der Waals surface area contributed by atoms with Crippen LogP contribution in [0.3, 0.4) is 0 Å². The molecule has 0 aliphatic carbocycles. The molecule has 0 atom stereocenters. The number of carbonyl (C=O) groups excluding carboxylic acids is 3. The van der Waals surface area contributed by atoms with E-state index in [2.05, 4.69) is 20.7 Å². The molecule has 0 spiro atoms. The van der Waals surface area contributed by atoms with E-state index in [9.17, 15) is 22.8 Å². The van der Waals surface area contributed by atoms with Crippen LogP contribution in [0.15, 0.2) is 80.7 Å². The van der Waals surface area contributed by atoms with Crippen molar-refractivity contribution in [3.05, 3.63) is 82.7 Å².